The molecule has 2 aliphatic rings. The first-order valence-corrected chi connectivity index (χ1v) is 10.4. The minimum atomic E-state index is -0.344. The van der Waals surface area contributed by atoms with Gasteiger partial charge in [-0.2, -0.15) is 0 Å². The summed E-state index contributed by atoms with van der Waals surface area (Å²) in [7, 11) is 0. The Morgan fingerprint density at radius 3 is 2.53 bits per heavy atom. The van der Waals surface area contributed by atoms with Gasteiger partial charge in [0.2, 0.25) is 5.43 Å². The largest absolute Gasteiger partial charge is 0.506 e. The molecule has 1 N–H and O–H groups in total. The number of halogens is 2. The third-order valence-electron chi connectivity index (χ3n) is 4.88. The number of benzene rings is 3. The number of phenolic OH excluding ortho intramolecular Hbond substituents is 1. The number of hydrogen-bond donors (Lipinski definition) is 1. The molecular formula is C24H20Cl2O4. The first kappa shape index (κ1) is 20.7. The molecule has 4 nitrogen and oxygen atoms in total. The van der Waals surface area contributed by atoms with Crippen molar-refractivity contribution in [1.29, 1.82) is 0 Å². The second kappa shape index (κ2) is 8.31. The van der Waals surface area contributed by atoms with Crippen LogP contribution < -0.4 is 5.43 Å². The first-order chi connectivity index (χ1) is 14.4. The van der Waals surface area contributed by atoms with Crippen LogP contribution in [0.25, 0.3) is 33.4 Å². The van der Waals surface area contributed by atoms with Gasteiger partial charge in [-0.3, -0.25) is 4.79 Å². The number of ether oxygens (including phenoxy) is 1. The molecule has 0 fully saturated rings. The predicted molar refractivity (Wildman–Crippen MR) is 121 cm³/mol. The molecule has 4 rings (SSSR count). The fourth-order valence-electron chi connectivity index (χ4n) is 3.51. The molecule has 6 heteroatoms. The van der Waals surface area contributed by atoms with Crippen LogP contribution in [0.4, 0.5) is 0 Å². The quantitative estimate of drug-likeness (QED) is 0.347. The van der Waals surface area contributed by atoms with Crippen LogP contribution in [0.3, 0.4) is 0 Å². The molecule has 1 aliphatic carbocycles. The maximum atomic E-state index is 12.1. The van der Waals surface area contributed by atoms with Crippen LogP contribution in [-0.2, 0) is 11.3 Å². The van der Waals surface area contributed by atoms with E-state index < -0.39 is 0 Å². The second-order valence-electron chi connectivity index (χ2n) is 7.57. The highest BCUT2D eigenvalue weighted by Gasteiger charge is 2.24. The van der Waals surface area contributed by atoms with Gasteiger partial charge >= 0.3 is 0 Å². The van der Waals surface area contributed by atoms with Gasteiger partial charge in [0.15, 0.2) is 11.3 Å². The molecule has 0 unspecified atom stereocenters. The van der Waals surface area contributed by atoms with Gasteiger partial charge in [-0.15, -0.1) is 0 Å². The van der Waals surface area contributed by atoms with Crippen molar-refractivity contribution in [3.8, 4) is 28.2 Å². The summed E-state index contributed by atoms with van der Waals surface area (Å²) < 4.78 is 11.8. The predicted octanol–water partition coefficient (Wildman–Crippen LogP) is 6.75. The molecule has 30 heavy (non-hydrogen) atoms. The maximum absolute atomic E-state index is 12.1. The average molecular weight is 443 g/mol. The Morgan fingerprint density at radius 2 is 1.77 bits per heavy atom. The fraction of sp³-hybridized carbons (Fsp3) is 0.208. The monoisotopic (exact) mass is 442 g/mol. The van der Waals surface area contributed by atoms with Gasteiger partial charge in [0.25, 0.3) is 0 Å². The maximum Gasteiger partial charge on any atom is 0.201 e. The van der Waals surface area contributed by atoms with Crippen molar-refractivity contribution in [3.05, 3.63) is 74.4 Å². The fourth-order valence-corrected chi connectivity index (χ4v) is 3.92. The molecule has 1 heterocycles. The molecule has 0 aromatic heterocycles. The lowest BCUT2D eigenvalue weighted by molar-refractivity contribution is 0.0974. The Hall–Kier alpha value is -2.53. The average Bonchev–Trinajstić information content (AvgIpc) is 2.73. The van der Waals surface area contributed by atoms with Gasteiger partial charge in [0.1, 0.15) is 15.8 Å². The van der Waals surface area contributed by atoms with Crippen molar-refractivity contribution >= 4 is 34.2 Å². The molecule has 1 aliphatic heterocycles. The highest BCUT2D eigenvalue weighted by molar-refractivity contribution is 6.37. The smallest absolute Gasteiger partial charge is 0.201 e. The second-order valence-corrected chi connectivity index (χ2v) is 8.33. The Labute approximate surface area is 184 Å². The van der Waals surface area contributed by atoms with Crippen LogP contribution >= 0.6 is 23.2 Å². The van der Waals surface area contributed by atoms with Crippen LogP contribution in [0.2, 0.25) is 10.0 Å². The van der Waals surface area contributed by atoms with E-state index in [0.717, 1.165) is 16.7 Å². The van der Waals surface area contributed by atoms with E-state index in [-0.39, 0.29) is 32.6 Å². The van der Waals surface area contributed by atoms with Crippen LogP contribution in [0, 0.1) is 5.92 Å². The summed E-state index contributed by atoms with van der Waals surface area (Å²) in [5, 5.41) is 10.8. The van der Waals surface area contributed by atoms with E-state index in [1.165, 1.54) is 12.1 Å². The van der Waals surface area contributed by atoms with Crippen molar-refractivity contribution in [2.24, 2.45) is 5.92 Å². The Kier molecular flexibility index (Phi) is 5.74. The van der Waals surface area contributed by atoms with Crippen LogP contribution in [0.1, 0.15) is 19.4 Å². The number of aromatic hydroxyl groups is 1. The zero-order chi connectivity index (χ0) is 21.4. The van der Waals surface area contributed by atoms with Gasteiger partial charge in [-0.1, -0.05) is 61.3 Å². The Balaban J connectivity index is 2.04. The van der Waals surface area contributed by atoms with E-state index in [0.29, 0.717) is 30.1 Å². The molecule has 0 saturated heterocycles. The van der Waals surface area contributed by atoms with Gasteiger partial charge < -0.3 is 14.3 Å². The van der Waals surface area contributed by atoms with Crippen molar-refractivity contribution in [2.45, 2.75) is 20.5 Å². The summed E-state index contributed by atoms with van der Waals surface area (Å²) in [6, 6.07) is 14.3. The standard InChI is InChI=1S/C24H20Cl2O4/c1-13(2)11-29-12-14-5-3-4-6-15(14)20-16-7-9-18(27)21(25)23(16)30-24-17(20)8-10-19(28)22(24)26/h3-10,13,27H,11-12H2,1-2H3. The molecule has 0 spiro atoms. The molecule has 0 radical (unpaired) electrons. The lowest BCUT2D eigenvalue weighted by atomic mass is 9.91. The van der Waals surface area contributed by atoms with Gasteiger partial charge in [-0.25, -0.2) is 0 Å². The normalized spacial score (nSPS) is 11.6. The highest BCUT2D eigenvalue weighted by Crippen LogP contribution is 2.46. The van der Waals surface area contributed by atoms with Crippen molar-refractivity contribution in [3.63, 3.8) is 0 Å². The summed E-state index contributed by atoms with van der Waals surface area (Å²) in [4.78, 5) is 12.1. The molecule has 2 aromatic rings. The van der Waals surface area contributed by atoms with Crippen molar-refractivity contribution in [1.82, 2.24) is 0 Å². The zero-order valence-corrected chi connectivity index (χ0v) is 18.1. The van der Waals surface area contributed by atoms with E-state index in [1.54, 1.807) is 12.1 Å². The highest BCUT2D eigenvalue weighted by atomic mass is 35.5. The Bertz CT molecular complexity index is 1260. The molecule has 0 atom stereocenters. The number of hydrogen-bond acceptors (Lipinski definition) is 4. The molecule has 0 bridgehead atoms. The zero-order valence-electron chi connectivity index (χ0n) is 16.5. The molecular weight excluding hydrogens is 423 g/mol. The van der Waals surface area contributed by atoms with Crippen LogP contribution in [-0.4, -0.2) is 11.7 Å². The summed E-state index contributed by atoms with van der Waals surface area (Å²) in [5.74, 6) is 0.545. The number of rotatable bonds is 5. The molecule has 2 aromatic carbocycles. The molecule has 0 saturated carbocycles. The van der Waals surface area contributed by atoms with Crippen molar-refractivity contribution in [2.75, 3.05) is 6.61 Å². The molecule has 0 amide bonds. The SMILES string of the molecule is CC(C)COCc1ccccc1-c1c2ccc(=O)c(Cl)c-2oc2c(Cl)c(O)ccc12. The number of fused-ring (bicyclic) bond motifs is 2. The summed E-state index contributed by atoms with van der Waals surface area (Å²) >= 11 is 12.6. The summed E-state index contributed by atoms with van der Waals surface area (Å²) in [6.07, 6.45) is 0. The number of phenols is 1. The van der Waals surface area contributed by atoms with Crippen LogP contribution in [0.15, 0.2) is 57.7 Å². The molecule has 154 valence electrons. The van der Waals surface area contributed by atoms with Gasteiger partial charge in [-0.05, 0) is 41.3 Å². The van der Waals surface area contributed by atoms with E-state index >= 15 is 0 Å². The lowest BCUT2D eigenvalue weighted by Gasteiger charge is -2.19. The van der Waals surface area contributed by atoms with Crippen molar-refractivity contribution < 1.29 is 14.3 Å². The third kappa shape index (κ3) is 3.67. The van der Waals surface area contributed by atoms with Gasteiger partial charge in [0, 0.05) is 23.1 Å². The minimum absolute atomic E-state index is 0.0244. The first-order valence-electron chi connectivity index (χ1n) is 9.61. The third-order valence-corrected chi connectivity index (χ3v) is 5.60. The lowest BCUT2D eigenvalue weighted by Crippen LogP contribution is -2.05. The van der Waals surface area contributed by atoms with E-state index in [9.17, 15) is 9.90 Å². The van der Waals surface area contributed by atoms with E-state index in [2.05, 4.69) is 13.8 Å². The summed E-state index contributed by atoms with van der Waals surface area (Å²) in [6.45, 7) is 5.28. The summed E-state index contributed by atoms with van der Waals surface area (Å²) in [5.41, 5.74) is 3.33. The topological polar surface area (TPSA) is 59.7 Å². The Morgan fingerprint density at radius 1 is 1.00 bits per heavy atom. The van der Waals surface area contributed by atoms with Crippen LogP contribution in [0.5, 0.6) is 5.75 Å². The van der Waals surface area contributed by atoms with E-state index in [1.807, 2.05) is 24.3 Å². The minimum Gasteiger partial charge on any atom is -0.506 e. The van der Waals surface area contributed by atoms with E-state index in [4.69, 9.17) is 32.4 Å². The van der Waals surface area contributed by atoms with Gasteiger partial charge in [0.05, 0.1) is 6.61 Å².